The van der Waals surface area contributed by atoms with Gasteiger partial charge in [0, 0.05) is 34.5 Å². The first-order valence-corrected chi connectivity index (χ1v) is 11.8. The Morgan fingerprint density at radius 3 is 2.05 bits per heavy atom. The highest BCUT2D eigenvalue weighted by molar-refractivity contribution is 5.99. The number of hydrogen-bond donors (Lipinski definition) is 3. The van der Waals surface area contributed by atoms with E-state index in [-0.39, 0.29) is 16.8 Å². The van der Waals surface area contributed by atoms with Crippen LogP contribution in [0.15, 0.2) is 109 Å². The minimum Gasteiger partial charge on any atom is -0.323 e. The standard InChI is InChI=1S/C28H21N7O4/c36-26(31-32-27(37)21-10-7-13-24(18-21)35(38)39)20-14-16-22(17-15-20)29-28-30-25(19-8-3-1-4-9-19)34(33-28)23-11-5-2-6-12-23/h1-18H,(H,29,33)(H,31,36)(H,32,37). The molecule has 0 fully saturated rings. The second-order valence-electron chi connectivity index (χ2n) is 8.29. The zero-order valence-corrected chi connectivity index (χ0v) is 20.3. The minimum absolute atomic E-state index is 0.0429. The highest BCUT2D eigenvalue weighted by Gasteiger charge is 2.15. The fourth-order valence-electron chi connectivity index (χ4n) is 3.74. The van der Waals surface area contributed by atoms with Gasteiger partial charge in [0.25, 0.3) is 17.5 Å². The number of non-ortho nitro benzene ring substituents is 1. The summed E-state index contributed by atoms with van der Waals surface area (Å²) in [5.41, 5.74) is 7.08. The van der Waals surface area contributed by atoms with Crippen LogP contribution in [0.1, 0.15) is 20.7 Å². The zero-order valence-electron chi connectivity index (χ0n) is 20.3. The summed E-state index contributed by atoms with van der Waals surface area (Å²) >= 11 is 0. The summed E-state index contributed by atoms with van der Waals surface area (Å²) in [5, 5.41) is 18.7. The van der Waals surface area contributed by atoms with Gasteiger partial charge in [0.15, 0.2) is 5.82 Å². The Bertz CT molecular complexity index is 1580. The van der Waals surface area contributed by atoms with E-state index >= 15 is 0 Å². The van der Waals surface area contributed by atoms with Gasteiger partial charge < -0.3 is 5.32 Å². The molecular formula is C28H21N7O4. The van der Waals surface area contributed by atoms with Crippen molar-refractivity contribution in [3.05, 3.63) is 130 Å². The predicted octanol–water partition coefficient (Wildman–Crippen LogP) is 4.66. The van der Waals surface area contributed by atoms with E-state index in [1.807, 2.05) is 60.7 Å². The first-order chi connectivity index (χ1) is 19.0. The molecule has 2 amide bonds. The van der Waals surface area contributed by atoms with Gasteiger partial charge in [0.2, 0.25) is 5.95 Å². The predicted molar refractivity (Wildman–Crippen MR) is 145 cm³/mol. The van der Waals surface area contributed by atoms with E-state index in [9.17, 15) is 19.7 Å². The molecule has 0 saturated heterocycles. The molecule has 1 aromatic heterocycles. The van der Waals surface area contributed by atoms with Gasteiger partial charge in [-0.25, -0.2) is 4.68 Å². The lowest BCUT2D eigenvalue weighted by atomic mass is 10.2. The summed E-state index contributed by atoms with van der Waals surface area (Å²) in [5.74, 6) is -0.197. The van der Waals surface area contributed by atoms with Crippen LogP contribution in [0.25, 0.3) is 17.1 Å². The number of para-hydroxylation sites is 1. The van der Waals surface area contributed by atoms with Crippen LogP contribution in [0.3, 0.4) is 0 Å². The molecule has 3 N–H and O–H groups in total. The van der Waals surface area contributed by atoms with Gasteiger partial charge in [-0.05, 0) is 42.5 Å². The number of rotatable bonds is 7. The number of nitro benzene ring substituents is 1. The van der Waals surface area contributed by atoms with E-state index in [1.54, 1.807) is 28.9 Å². The maximum absolute atomic E-state index is 12.5. The van der Waals surface area contributed by atoms with Gasteiger partial charge >= 0.3 is 0 Å². The zero-order chi connectivity index (χ0) is 27.2. The van der Waals surface area contributed by atoms with Crippen molar-refractivity contribution in [3.63, 3.8) is 0 Å². The number of carbonyl (C=O) groups is 2. The van der Waals surface area contributed by atoms with Gasteiger partial charge in [0.1, 0.15) is 0 Å². The van der Waals surface area contributed by atoms with E-state index in [4.69, 9.17) is 0 Å². The maximum Gasteiger partial charge on any atom is 0.270 e. The molecule has 4 aromatic carbocycles. The third kappa shape index (κ3) is 5.78. The van der Waals surface area contributed by atoms with E-state index in [2.05, 4.69) is 26.3 Å². The Labute approximate surface area is 222 Å². The molecular weight excluding hydrogens is 498 g/mol. The monoisotopic (exact) mass is 519 g/mol. The third-order valence-corrected chi connectivity index (χ3v) is 5.65. The molecule has 11 heteroatoms. The van der Waals surface area contributed by atoms with Crippen LogP contribution < -0.4 is 16.2 Å². The minimum atomic E-state index is -0.681. The van der Waals surface area contributed by atoms with Gasteiger partial charge in [0.05, 0.1) is 10.6 Å². The molecule has 0 aliphatic carbocycles. The molecule has 5 rings (SSSR count). The molecule has 39 heavy (non-hydrogen) atoms. The fourth-order valence-corrected chi connectivity index (χ4v) is 3.74. The SMILES string of the molecule is O=C(NNC(=O)c1cccc([N+](=O)[O-])c1)c1ccc(Nc2nc(-c3ccccc3)n(-c3ccccc3)n2)cc1. The lowest BCUT2D eigenvalue weighted by Gasteiger charge is -2.08. The second kappa shape index (κ2) is 11.0. The molecule has 0 unspecified atom stereocenters. The molecule has 0 aliphatic heterocycles. The molecule has 1 heterocycles. The number of anilines is 2. The number of carbonyl (C=O) groups excluding carboxylic acids is 2. The van der Waals surface area contributed by atoms with Crippen LogP contribution in [0, 0.1) is 10.1 Å². The summed E-state index contributed by atoms with van der Waals surface area (Å²) < 4.78 is 1.75. The topological polar surface area (TPSA) is 144 Å². The molecule has 11 nitrogen and oxygen atoms in total. The van der Waals surface area contributed by atoms with Gasteiger partial charge in [-0.2, -0.15) is 4.98 Å². The van der Waals surface area contributed by atoms with E-state index in [0.29, 0.717) is 17.5 Å². The number of nitrogens with one attached hydrogen (secondary N) is 3. The lowest BCUT2D eigenvalue weighted by Crippen LogP contribution is -2.41. The molecule has 0 radical (unpaired) electrons. The highest BCUT2D eigenvalue weighted by Crippen LogP contribution is 2.24. The normalized spacial score (nSPS) is 10.5. The summed E-state index contributed by atoms with van der Waals surface area (Å²) in [6.45, 7) is 0. The average Bonchev–Trinajstić information content (AvgIpc) is 3.41. The average molecular weight is 520 g/mol. The number of nitro groups is 1. The van der Waals surface area contributed by atoms with Crippen molar-refractivity contribution in [3.8, 4) is 17.1 Å². The van der Waals surface area contributed by atoms with Crippen molar-refractivity contribution in [2.45, 2.75) is 0 Å². The van der Waals surface area contributed by atoms with E-state index in [0.717, 1.165) is 17.3 Å². The molecule has 0 bridgehead atoms. The largest absolute Gasteiger partial charge is 0.323 e. The van der Waals surface area contributed by atoms with Crippen molar-refractivity contribution < 1.29 is 14.5 Å². The van der Waals surface area contributed by atoms with Crippen LogP contribution in [0.5, 0.6) is 0 Å². The van der Waals surface area contributed by atoms with Gasteiger partial charge in [-0.3, -0.25) is 30.6 Å². The van der Waals surface area contributed by atoms with Gasteiger partial charge in [-0.1, -0.05) is 54.6 Å². The Morgan fingerprint density at radius 2 is 1.38 bits per heavy atom. The Balaban J connectivity index is 1.27. The Morgan fingerprint density at radius 1 is 0.744 bits per heavy atom. The number of hydrogen-bond acceptors (Lipinski definition) is 7. The number of amides is 2. The summed E-state index contributed by atoms with van der Waals surface area (Å²) in [7, 11) is 0. The molecule has 0 spiro atoms. The van der Waals surface area contributed by atoms with Crippen molar-refractivity contribution >= 4 is 29.1 Å². The van der Waals surface area contributed by atoms with Crippen molar-refractivity contribution in [1.82, 2.24) is 25.6 Å². The van der Waals surface area contributed by atoms with E-state index < -0.39 is 16.7 Å². The first-order valence-electron chi connectivity index (χ1n) is 11.8. The van der Waals surface area contributed by atoms with Crippen LogP contribution in [-0.4, -0.2) is 31.5 Å². The summed E-state index contributed by atoms with van der Waals surface area (Å²) in [4.78, 5) is 39.8. The van der Waals surface area contributed by atoms with Crippen LogP contribution >= 0.6 is 0 Å². The maximum atomic E-state index is 12.5. The number of benzene rings is 4. The van der Waals surface area contributed by atoms with Crippen LogP contribution in [0.2, 0.25) is 0 Å². The Hall–Kier alpha value is -5.84. The van der Waals surface area contributed by atoms with Crippen LogP contribution in [-0.2, 0) is 0 Å². The lowest BCUT2D eigenvalue weighted by molar-refractivity contribution is -0.384. The molecule has 0 atom stereocenters. The number of hydrazine groups is 1. The first kappa shape index (κ1) is 24.8. The van der Waals surface area contributed by atoms with Crippen LogP contribution in [0.4, 0.5) is 17.3 Å². The smallest absolute Gasteiger partial charge is 0.270 e. The summed E-state index contributed by atoms with van der Waals surface area (Å²) in [6.07, 6.45) is 0. The molecule has 0 saturated carbocycles. The van der Waals surface area contributed by atoms with E-state index in [1.165, 1.54) is 18.2 Å². The van der Waals surface area contributed by atoms with Crippen molar-refractivity contribution in [2.24, 2.45) is 0 Å². The molecule has 5 aromatic rings. The number of aromatic nitrogens is 3. The van der Waals surface area contributed by atoms with Crippen molar-refractivity contribution in [1.29, 1.82) is 0 Å². The second-order valence-corrected chi connectivity index (χ2v) is 8.29. The summed E-state index contributed by atoms with van der Waals surface area (Å²) in [6, 6.07) is 31.1. The fraction of sp³-hybridized carbons (Fsp3) is 0. The van der Waals surface area contributed by atoms with Crippen molar-refractivity contribution in [2.75, 3.05) is 5.32 Å². The quantitative estimate of drug-likeness (QED) is 0.209. The highest BCUT2D eigenvalue weighted by atomic mass is 16.6. The third-order valence-electron chi connectivity index (χ3n) is 5.65. The molecule has 192 valence electrons. The molecule has 0 aliphatic rings. The number of nitrogens with zero attached hydrogens (tertiary/aromatic N) is 4. The van der Waals surface area contributed by atoms with Gasteiger partial charge in [-0.15, -0.1) is 5.10 Å². The Kier molecular flexibility index (Phi) is 7.04.